The van der Waals surface area contributed by atoms with Crippen molar-refractivity contribution >= 4 is 17.4 Å². The van der Waals surface area contributed by atoms with Crippen LogP contribution in [0.15, 0.2) is 23.4 Å². The van der Waals surface area contributed by atoms with Crippen molar-refractivity contribution < 1.29 is 9.94 Å². The van der Waals surface area contributed by atoms with Crippen LogP contribution in [0, 0.1) is 12.3 Å². The van der Waals surface area contributed by atoms with Gasteiger partial charge in [0.05, 0.1) is 6.61 Å². The standard InChI is InChI=1S/C15H23ClN2O2/c1-11-10-12(16)6-7-13(11)20-9-5-4-8-15(2,3)14(17)18-19/h6-7,10,19H,4-5,8-9H2,1-3H3,(H2,17,18). The van der Waals surface area contributed by atoms with Crippen LogP contribution in [-0.4, -0.2) is 17.6 Å². The summed E-state index contributed by atoms with van der Waals surface area (Å²) in [6.45, 7) is 6.55. The van der Waals surface area contributed by atoms with Crippen molar-refractivity contribution in [3.63, 3.8) is 0 Å². The van der Waals surface area contributed by atoms with Crippen LogP contribution >= 0.6 is 11.6 Å². The molecule has 0 unspecified atom stereocenters. The maximum Gasteiger partial charge on any atom is 0.144 e. The fourth-order valence-corrected chi connectivity index (χ4v) is 2.12. The Labute approximate surface area is 125 Å². The second kappa shape index (κ2) is 7.39. The molecule has 1 aromatic rings. The molecule has 0 amide bonds. The summed E-state index contributed by atoms with van der Waals surface area (Å²) in [5.74, 6) is 1.14. The molecule has 0 aliphatic carbocycles. The van der Waals surface area contributed by atoms with Gasteiger partial charge >= 0.3 is 0 Å². The third-order valence-corrected chi connectivity index (χ3v) is 3.63. The summed E-state index contributed by atoms with van der Waals surface area (Å²) in [4.78, 5) is 0. The Kier molecular flexibility index (Phi) is 6.14. The fourth-order valence-electron chi connectivity index (χ4n) is 1.89. The number of benzene rings is 1. The Balaban J connectivity index is 2.32. The summed E-state index contributed by atoms with van der Waals surface area (Å²) in [5, 5.41) is 12.5. The van der Waals surface area contributed by atoms with Crippen LogP contribution in [0.4, 0.5) is 0 Å². The van der Waals surface area contributed by atoms with Crippen molar-refractivity contribution in [1.82, 2.24) is 0 Å². The molecule has 0 aliphatic heterocycles. The first-order valence-corrected chi connectivity index (χ1v) is 7.11. The highest BCUT2D eigenvalue weighted by molar-refractivity contribution is 6.30. The molecule has 0 radical (unpaired) electrons. The van der Waals surface area contributed by atoms with E-state index in [1.165, 1.54) is 0 Å². The number of hydrogen-bond acceptors (Lipinski definition) is 3. The summed E-state index contributed by atoms with van der Waals surface area (Å²) >= 11 is 5.90. The molecule has 0 saturated heterocycles. The number of hydrogen-bond donors (Lipinski definition) is 2. The molecule has 1 aromatic carbocycles. The van der Waals surface area contributed by atoms with Gasteiger partial charge in [0.15, 0.2) is 0 Å². The number of halogens is 1. The van der Waals surface area contributed by atoms with Gasteiger partial charge in [0.2, 0.25) is 0 Å². The van der Waals surface area contributed by atoms with Crippen LogP contribution in [0.25, 0.3) is 0 Å². The second-order valence-corrected chi connectivity index (χ2v) is 6.02. The maximum absolute atomic E-state index is 8.70. The lowest BCUT2D eigenvalue weighted by Crippen LogP contribution is -2.31. The van der Waals surface area contributed by atoms with Crippen LogP contribution in [-0.2, 0) is 0 Å². The molecule has 20 heavy (non-hydrogen) atoms. The number of aryl methyl sites for hydroxylation is 1. The highest BCUT2D eigenvalue weighted by Gasteiger charge is 2.22. The number of unbranched alkanes of at least 4 members (excludes halogenated alkanes) is 1. The zero-order valence-electron chi connectivity index (χ0n) is 12.3. The monoisotopic (exact) mass is 298 g/mol. The number of amidine groups is 1. The molecule has 5 heteroatoms. The Morgan fingerprint density at radius 1 is 1.40 bits per heavy atom. The Morgan fingerprint density at radius 3 is 2.70 bits per heavy atom. The number of oxime groups is 1. The minimum absolute atomic E-state index is 0.270. The summed E-state index contributed by atoms with van der Waals surface area (Å²) in [6.07, 6.45) is 2.73. The SMILES string of the molecule is Cc1cc(Cl)ccc1OCCCCC(C)(C)/C(N)=N/O. The number of nitrogens with two attached hydrogens (primary N) is 1. The van der Waals surface area contributed by atoms with Gasteiger partial charge in [-0.05, 0) is 49.9 Å². The van der Waals surface area contributed by atoms with Gasteiger partial charge in [-0.3, -0.25) is 0 Å². The number of nitrogens with zero attached hydrogens (tertiary/aromatic N) is 1. The smallest absolute Gasteiger partial charge is 0.144 e. The molecule has 0 heterocycles. The topological polar surface area (TPSA) is 67.8 Å². The van der Waals surface area contributed by atoms with Gasteiger partial charge in [-0.25, -0.2) is 0 Å². The Hall–Kier alpha value is -1.42. The summed E-state index contributed by atoms with van der Waals surface area (Å²) in [6, 6.07) is 5.60. The van der Waals surface area contributed by atoms with Crippen LogP contribution in [0.3, 0.4) is 0 Å². The van der Waals surface area contributed by atoms with Crippen LogP contribution in [0.1, 0.15) is 38.7 Å². The molecule has 3 N–H and O–H groups in total. The van der Waals surface area contributed by atoms with E-state index in [2.05, 4.69) is 5.16 Å². The van der Waals surface area contributed by atoms with E-state index in [0.717, 1.165) is 35.6 Å². The highest BCUT2D eigenvalue weighted by atomic mass is 35.5. The molecular weight excluding hydrogens is 276 g/mol. The molecule has 0 bridgehead atoms. The van der Waals surface area contributed by atoms with E-state index in [0.29, 0.717) is 6.61 Å². The zero-order chi connectivity index (χ0) is 15.2. The van der Waals surface area contributed by atoms with Gasteiger partial charge in [0.25, 0.3) is 0 Å². The van der Waals surface area contributed by atoms with Crippen molar-refractivity contribution in [2.75, 3.05) is 6.61 Å². The van der Waals surface area contributed by atoms with E-state index in [9.17, 15) is 0 Å². The molecule has 0 atom stereocenters. The molecule has 1 rings (SSSR count). The second-order valence-electron chi connectivity index (χ2n) is 5.58. The number of rotatable bonds is 7. The lowest BCUT2D eigenvalue weighted by molar-refractivity contribution is 0.287. The molecule has 0 spiro atoms. The predicted molar refractivity (Wildman–Crippen MR) is 82.7 cm³/mol. The highest BCUT2D eigenvalue weighted by Crippen LogP contribution is 2.24. The van der Waals surface area contributed by atoms with E-state index >= 15 is 0 Å². The van der Waals surface area contributed by atoms with Crippen LogP contribution in [0.2, 0.25) is 5.02 Å². The number of ether oxygens (including phenoxy) is 1. The first-order chi connectivity index (χ1) is 9.36. The van der Waals surface area contributed by atoms with Crippen LogP contribution in [0.5, 0.6) is 5.75 Å². The average molecular weight is 299 g/mol. The summed E-state index contributed by atoms with van der Waals surface area (Å²) < 4.78 is 5.72. The third kappa shape index (κ3) is 4.93. The fraction of sp³-hybridized carbons (Fsp3) is 0.533. The predicted octanol–water partition coefficient (Wildman–Crippen LogP) is 3.97. The Morgan fingerprint density at radius 2 is 2.10 bits per heavy atom. The van der Waals surface area contributed by atoms with E-state index in [1.807, 2.05) is 39.0 Å². The normalized spacial score (nSPS) is 12.5. The Bertz CT molecular complexity index is 473. The molecule has 0 aromatic heterocycles. The zero-order valence-corrected chi connectivity index (χ0v) is 13.1. The molecule has 0 fully saturated rings. The van der Waals surface area contributed by atoms with E-state index < -0.39 is 0 Å². The van der Waals surface area contributed by atoms with Crippen molar-refractivity contribution in [2.45, 2.75) is 40.0 Å². The van der Waals surface area contributed by atoms with E-state index in [4.69, 9.17) is 27.3 Å². The van der Waals surface area contributed by atoms with Crippen molar-refractivity contribution in [3.8, 4) is 5.75 Å². The minimum atomic E-state index is -0.287. The van der Waals surface area contributed by atoms with Gasteiger partial charge in [-0.2, -0.15) is 0 Å². The quantitative estimate of drug-likeness (QED) is 0.263. The van der Waals surface area contributed by atoms with Gasteiger partial charge in [-0.15, -0.1) is 0 Å². The van der Waals surface area contributed by atoms with Gasteiger partial charge in [-0.1, -0.05) is 30.6 Å². The minimum Gasteiger partial charge on any atom is -0.493 e. The maximum atomic E-state index is 8.70. The molecule has 0 aliphatic rings. The van der Waals surface area contributed by atoms with Gasteiger partial charge in [0, 0.05) is 10.4 Å². The lowest BCUT2D eigenvalue weighted by Gasteiger charge is -2.22. The lowest BCUT2D eigenvalue weighted by atomic mass is 9.86. The van der Waals surface area contributed by atoms with Crippen molar-refractivity contribution in [3.05, 3.63) is 28.8 Å². The molecule has 0 saturated carbocycles. The van der Waals surface area contributed by atoms with Crippen molar-refractivity contribution in [2.24, 2.45) is 16.3 Å². The summed E-state index contributed by atoms with van der Waals surface area (Å²) in [7, 11) is 0. The third-order valence-electron chi connectivity index (χ3n) is 3.39. The first kappa shape index (κ1) is 16.6. The largest absolute Gasteiger partial charge is 0.493 e. The first-order valence-electron chi connectivity index (χ1n) is 6.74. The van der Waals surface area contributed by atoms with Gasteiger partial charge in [0.1, 0.15) is 11.6 Å². The van der Waals surface area contributed by atoms with Crippen LogP contribution < -0.4 is 10.5 Å². The van der Waals surface area contributed by atoms with E-state index in [-0.39, 0.29) is 11.3 Å². The van der Waals surface area contributed by atoms with Gasteiger partial charge < -0.3 is 15.7 Å². The molecule has 4 nitrogen and oxygen atoms in total. The molecular formula is C15H23ClN2O2. The average Bonchev–Trinajstić information content (AvgIpc) is 2.39. The van der Waals surface area contributed by atoms with E-state index in [1.54, 1.807) is 0 Å². The summed E-state index contributed by atoms with van der Waals surface area (Å²) in [5.41, 5.74) is 6.40. The van der Waals surface area contributed by atoms with Crippen molar-refractivity contribution in [1.29, 1.82) is 0 Å². The molecule has 112 valence electrons.